The lowest BCUT2D eigenvalue weighted by atomic mass is 10.2. The van der Waals surface area contributed by atoms with Gasteiger partial charge in [-0.1, -0.05) is 11.6 Å². The van der Waals surface area contributed by atoms with Crippen molar-refractivity contribution in [3.8, 4) is 5.75 Å². The van der Waals surface area contributed by atoms with E-state index in [9.17, 15) is 0 Å². The quantitative estimate of drug-likeness (QED) is 0.913. The molecule has 0 aliphatic rings. The van der Waals surface area contributed by atoms with Gasteiger partial charge in [-0.25, -0.2) is 9.97 Å². The van der Waals surface area contributed by atoms with Crippen molar-refractivity contribution in [3.63, 3.8) is 0 Å². The third kappa shape index (κ3) is 3.91. The maximum atomic E-state index is 5.99. The first-order chi connectivity index (χ1) is 9.19. The molecule has 0 bridgehead atoms. The fourth-order valence-corrected chi connectivity index (χ4v) is 2.01. The summed E-state index contributed by atoms with van der Waals surface area (Å²) in [5.74, 6) is 1.61. The second-order valence-electron chi connectivity index (χ2n) is 4.15. The van der Waals surface area contributed by atoms with Gasteiger partial charge in [0, 0.05) is 29.9 Å². The first kappa shape index (κ1) is 13.8. The molecule has 2 aromatic rings. The number of nitrogens with zero attached hydrogens (tertiary/aromatic N) is 2. The van der Waals surface area contributed by atoms with Crippen LogP contribution in [0.5, 0.6) is 5.75 Å². The average Bonchev–Trinajstić information content (AvgIpc) is 2.39. The normalized spacial score (nSPS) is 10.5. The lowest BCUT2D eigenvalue weighted by Gasteiger charge is -2.10. The van der Waals surface area contributed by atoms with Crippen LogP contribution in [0.3, 0.4) is 0 Å². The Balaban J connectivity index is 1.97. The highest BCUT2D eigenvalue weighted by Gasteiger charge is 2.04. The van der Waals surface area contributed by atoms with Crippen molar-refractivity contribution in [2.45, 2.75) is 20.0 Å². The maximum absolute atomic E-state index is 5.99. The topological polar surface area (TPSA) is 47.0 Å². The summed E-state index contributed by atoms with van der Waals surface area (Å²) >= 11 is 5.99. The SMILES string of the molecule is COc1ccc(Cl)cc1CNCc1ccnc(C)n1. The Bertz CT molecular complexity index is 560. The van der Waals surface area contributed by atoms with Crippen molar-refractivity contribution in [2.24, 2.45) is 0 Å². The molecule has 0 amide bonds. The summed E-state index contributed by atoms with van der Waals surface area (Å²) < 4.78 is 5.30. The molecule has 0 aliphatic carbocycles. The van der Waals surface area contributed by atoms with Gasteiger partial charge in [0.25, 0.3) is 0 Å². The highest BCUT2D eigenvalue weighted by atomic mass is 35.5. The Morgan fingerprint density at radius 1 is 1.26 bits per heavy atom. The number of halogens is 1. The Morgan fingerprint density at radius 2 is 2.11 bits per heavy atom. The fraction of sp³-hybridized carbons (Fsp3) is 0.286. The minimum Gasteiger partial charge on any atom is -0.496 e. The number of hydrogen-bond donors (Lipinski definition) is 1. The number of nitrogens with one attached hydrogen (secondary N) is 1. The van der Waals surface area contributed by atoms with Gasteiger partial charge in [0.15, 0.2) is 0 Å². The molecule has 5 heteroatoms. The second-order valence-corrected chi connectivity index (χ2v) is 4.59. The molecule has 1 N–H and O–H groups in total. The van der Waals surface area contributed by atoms with Crippen LogP contribution in [0.15, 0.2) is 30.5 Å². The Labute approximate surface area is 117 Å². The number of methoxy groups -OCH3 is 1. The van der Waals surface area contributed by atoms with E-state index in [1.807, 2.05) is 31.2 Å². The first-order valence-electron chi connectivity index (χ1n) is 6.00. The van der Waals surface area contributed by atoms with E-state index in [1.165, 1.54) is 0 Å². The highest BCUT2D eigenvalue weighted by Crippen LogP contribution is 2.22. The van der Waals surface area contributed by atoms with Gasteiger partial charge >= 0.3 is 0 Å². The summed E-state index contributed by atoms with van der Waals surface area (Å²) in [6.45, 7) is 3.23. The van der Waals surface area contributed by atoms with E-state index < -0.39 is 0 Å². The molecule has 0 saturated heterocycles. The zero-order chi connectivity index (χ0) is 13.7. The summed E-state index contributed by atoms with van der Waals surface area (Å²) in [5, 5.41) is 4.02. The molecule has 100 valence electrons. The van der Waals surface area contributed by atoms with Gasteiger partial charge in [-0.2, -0.15) is 0 Å². The second kappa shape index (κ2) is 6.50. The highest BCUT2D eigenvalue weighted by molar-refractivity contribution is 6.30. The largest absolute Gasteiger partial charge is 0.496 e. The third-order valence-corrected chi connectivity index (χ3v) is 2.93. The first-order valence-corrected chi connectivity index (χ1v) is 6.38. The smallest absolute Gasteiger partial charge is 0.125 e. The number of aryl methyl sites for hydroxylation is 1. The molecule has 19 heavy (non-hydrogen) atoms. The van der Waals surface area contributed by atoms with Crippen LogP contribution in [-0.4, -0.2) is 17.1 Å². The summed E-state index contributed by atoms with van der Waals surface area (Å²) in [6.07, 6.45) is 1.76. The predicted molar refractivity (Wildman–Crippen MR) is 75.3 cm³/mol. The van der Waals surface area contributed by atoms with Crippen LogP contribution in [0.25, 0.3) is 0 Å². The number of rotatable bonds is 5. The average molecular weight is 278 g/mol. The zero-order valence-corrected chi connectivity index (χ0v) is 11.7. The van der Waals surface area contributed by atoms with Gasteiger partial charge in [0.1, 0.15) is 11.6 Å². The third-order valence-electron chi connectivity index (χ3n) is 2.70. The fourth-order valence-electron chi connectivity index (χ4n) is 1.81. The molecule has 2 rings (SSSR count). The van der Waals surface area contributed by atoms with Gasteiger partial charge in [-0.05, 0) is 31.2 Å². The zero-order valence-electron chi connectivity index (χ0n) is 11.0. The molecule has 0 saturated carbocycles. The van der Waals surface area contributed by atoms with E-state index in [1.54, 1.807) is 13.3 Å². The van der Waals surface area contributed by atoms with Crippen LogP contribution in [-0.2, 0) is 13.1 Å². The van der Waals surface area contributed by atoms with Crippen LogP contribution < -0.4 is 10.1 Å². The van der Waals surface area contributed by atoms with Crippen LogP contribution in [0.2, 0.25) is 5.02 Å². The van der Waals surface area contributed by atoms with E-state index >= 15 is 0 Å². The van der Waals surface area contributed by atoms with Crippen LogP contribution >= 0.6 is 11.6 Å². The number of ether oxygens (including phenoxy) is 1. The summed E-state index contributed by atoms with van der Waals surface area (Å²) in [4.78, 5) is 8.40. The van der Waals surface area contributed by atoms with E-state index in [0.29, 0.717) is 18.1 Å². The standard InChI is InChI=1S/C14H16ClN3O/c1-10-17-6-5-13(18-10)9-16-8-11-7-12(15)3-4-14(11)19-2/h3-7,16H,8-9H2,1-2H3. The van der Waals surface area contributed by atoms with Gasteiger partial charge < -0.3 is 10.1 Å². The number of hydrogen-bond acceptors (Lipinski definition) is 4. The summed E-state index contributed by atoms with van der Waals surface area (Å²) in [7, 11) is 1.65. The lowest BCUT2D eigenvalue weighted by Crippen LogP contribution is -2.14. The van der Waals surface area contributed by atoms with Gasteiger partial charge in [-0.3, -0.25) is 0 Å². The van der Waals surface area contributed by atoms with Gasteiger partial charge in [-0.15, -0.1) is 0 Å². The van der Waals surface area contributed by atoms with Crippen LogP contribution in [0.4, 0.5) is 0 Å². The molecule has 1 heterocycles. The molecule has 4 nitrogen and oxygen atoms in total. The summed E-state index contributed by atoms with van der Waals surface area (Å²) in [6, 6.07) is 7.49. The van der Waals surface area contributed by atoms with E-state index in [-0.39, 0.29) is 0 Å². The molecule has 0 unspecified atom stereocenters. The van der Waals surface area contributed by atoms with E-state index in [2.05, 4.69) is 15.3 Å². The Morgan fingerprint density at radius 3 is 2.84 bits per heavy atom. The molecule has 1 aromatic carbocycles. The van der Waals surface area contributed by atoms with E-state index in [0.717, 1.165) is 22.8 Å². The minimum absolute atomic E-state index is 0.673. The van der Waals surface area contributed by atoms with Gasteiger partial charge in [0.05, 0.1) is 12.8 Å². The van der Waals surface area contributed by atoms with Crippen molar-refractivity contribution >= 4 is 11.6 Å². The summed E-state index contributed by atoms with van der Waals surface area (Å²) in [5.41, 5.74) is 1.99. The maximum Gasteiger partial charge on any atom is 0.125 e. The van der Waals surface area contributed by atoms with Crippen LogP contribution in [0, 0.1) is 6.92 Å². The number of benzene rings is 1. The molecule has 0 radical (unpaired) electrons. The molecule has 0 aliphatic heterocycles. The minimum atomic E-state index is 0.673. The van der Waals surface area contributed by atoms with Crippen molar-refractivity contribution in [2.75, 3.05) is 7.11 Å². The monoisotopic (exact) mass is 277 g/mol. The Kier molecular flexibility index (Phi) is 4.71. The molecule has 1 aromatic heterocycles. The van der Waals surface area contributed by atoms with Crippen molar-refractivity contribution < 1.29 is 4.74 Å². The molecule has 0 spiro atoms. The van der Waals surface area contributed by atoms with E-state index in [4.69, 9.17) is 16.3 Å². The lowest BCUT2D eigenvalue weighted by molar-refractivity contribution is 0.407. The molecular formula is C14H16ClN3O. The van der Waals surface area contributed by atoms with Crippen molar-refractivity contribution in [1.29, 1.82) is 0 Å². The van der Waals surface area contributed by atoms with Crippen LogP contribution in [0.1, 0.15) is 17.1 Å². The number of aromatic nitrogens is 2. The molecular weight excluding hydrogens is 262 g/mol. The van der Waals surface area contributed by atoms with Crippen molar-refractivity contribution in [1.82, 2.24) is 15.3 Å². The molecule has 0 atom stereocenters. The predicted octanol–water partition coefficient (Wildman–Crippen LogP) is 2.74. The van der Waals surface area contributed by atoms with Gasteiger partial charge in [0.2, 0.25) is 0 Å². The molecule has 0 fully saturated rings. The Hall–Kier alpha value is -1.65. The van der Waals surface area contributed by atoms with Crippen molar-refractivity contribution in [3.05, 3.63) is 52.6 Å².